The maximum Gasteiger partial charge on any atom is 0.245 e. The van der Waals surface area contributed by atoms with Gasteiger partial charge >= 0.3 is 0 Å². The number of aromatic nitrogens is 1. The van der Waals surface area contributed by atoms with E-state index in [0.29, 0.717) is 23.9 Å². The average Bonchev–Trinajstić information content (AvgIpc) is 2.67. The van der Waals surface area contributed by atoms with Crippen molar-refractivity contribution in [1.29, 1.82) is 0 Å². The number of rotatable bonds is 4. The Balaban J connectivity index is 2.02. The van der Waals surface area contributed by atoms with Gasteiger partial charge in [-0.2, -0.15) is 0 Å². The quantitative estimate of drug-likeness (QED) is 0.867. The fourth-order valence-electron chi connectivity index (χ4n) is 2.57. The predicted molar refractivity (Wildman–Crippen MR) is 72.8 cm³/mol. The lowest BCUT2D eigenvalue weighted by molar-refractivity contribution is 0.361. The first-order valence-electron chi connectivity index (χ1n) is 6.46. The monoisotopic (exact) mass is 306 g/mol. The molecule has 108 valence electrons. The van der Waals surface area contributed by atoms with Gasteiger partial charge in [-0.25, -0.2) is 13.1 Å². The molecule has 2 rings (SSSR count). The van der Waals surface area contributed by atoms with Crippen molar-refractivity contribution in [3.63, 3.8) is 0 Å². The van der Waals surface area contributed by atoms with Gasteiger partial charge in [0.1, 0.15) is 10.6 Å². The minimum absolute atomic E-state index is 0.158. The summed E-state index contributed by atoms with van der Waals surface area (Å²) in [5, 5.41) is 3.84. The van der Waals surface area contributed by atoms with Crippen LogP contribution in [0.4, 0.5) is 0 Å². The van der Waals surface area contributed by atoms with Gasteiger partial charge in [-0.1, -0.05) is 11.6 Å². The van der Waals surface area contributed by atoms with Gasteiger partial charge in [-0.3, -0.25) is 0 Å². The fraction of sp³-hybridized carbons (Fsp3) is 0.750. The van der Waals surface area contributed by atoms with Crippen molar-refractivity contribution in [2.75, 3.05) is 6.54 Å². The van der Waals surface area contributed by atoms with Gasteiger partial charge < -0.3 is 4.52 Å². The van der Waals surface area contributed by atoms with Crippen molar-refractivity contribution in [2.45, 2.75) is 49.8 Å². The van der Waals surface area contributed by atoms with E-state index in [9.17, 15) is 8.42 Å². The van der Waals surface area contributed by atoms with E-state index in [4.69, 9.17) is 16.1 Å². The summed E-state index contributed by atoms with van der Waals surface area (Å²) in [5.74, 6) is 0.635. The molecule has 1 saturated carbocycles. The van der Waals surface area contributed by atoms with E-state index in [2.05, 4.69) is 9.88 Å². The Labute approximate surface area is 118 Å². The van der Waals surface area contributed by atoms with Crippen LogP contribution in [0.25, 0.3) is 0 Å². The second-order valence-corrected chi connectivity index (χ2v) is 7.46. The molecule has 7 heteroatoms. The van der Waals surface area contributed by atoms with E-state index < -0.39 is 10.0 Å². The van der Waals surface area contributed by atoms with Gasteiger partial charge in [0.25, 0.3) is 0 Å². The molecule has 0 aromatic carbocycles. The summed E-state index contributed by atoms with van der Waals surface area (Å²) in [6.45, 7) is 3.65. The largest absolute Gasteiger partial charge is 0.360 e. The standard InChI is InChI=1S/C12H19ClN2O3S/c1-8-12(9(2)18-15-8)19(16,17)14-7-10-4-3-5-11(13)6-10/h10-11,14H,3-7H2,1-2H3. The van der Waals surface area contributed by atoms with Crippen molar-refractivity contribution < 1.29 is 12.9 Å². The second-order valence-electron chi connectivity index (χ2n) is 5.14. The lowest BCUT2D eigenvalue weighted by Gasteiger charge is -2.25. The molecule has 1 heterocycles. The molecule has 2 unspecified atom stereocenters. The molecule has 0 bridgehead atoms. The van der Waals surface area contributed by atoms with E-state index >= 15 is 0 Å². The topological polar surface area (TPSA) is 72.2 Å². The summed E-state index contributed by atoms with van der Waals surface area (Å²) in [6, 6.07) is 0. The molecule has 1 fully saturated rings. The molecule has 1 N–H and O–H groups in total. The molecule has 1 aliphatic carbocycles. The highest BCUT2D eigenvalue weighted by Crippen LogP contribution is 2.28. The fourth-order valence-corrected chi connectivity index (χ4v) is 4.42. The molecule has 1 aliphatic rings. The second kappa shape index (κ2) is 5.81. The smallest absolute Gasteiger partial charge is 0.245 e. The number of nitrogens with zero attached hydrogens (tertiary/aromatic N) is 1. The third-order valence-corrected chi connectivity index (χ3v) is 5.58. The van der Waals surface area contributed by atoms with Crippen molar-refractivity contribution >= 4 is 21.6 Å². The highest BCUT2D eigenvalue weighted by molar-refractivity contribution is 7.89. The summed E-state index contributed by atoms with van der Waals surface area (Å²) in [7, 11) is -3.54. The Morgan fingerprint density at radius 3 is 2.74 bits per heavy atom. The van der Waals surface area contributed by atoms with Gasteiger partial charge in [0, 0.05) is 11.9 Å². The number of alkyl halides is 1. The van der Waals surface area contributed by atoms with Crippen LogP contribution >= 0.6 is 11.6 Å². The summed E-state index contributed by atoms with van der Waals surface area (Å²) < 4.78 is 32.0. The number of aryl methyl sites for hydroxylation is 2. The van der Waals surface area contributed by atoms with Crippen LogP contribution in [0.1, 0.15) is 37.1 Å². The maximum absolute atomic E-state index is 12.2. The molecule has 0 aliphatic heterocycles. The molecule has 0 radical (unpaired) electrons. The van der Waals surface area contributed by atoms with Crippen molar-refractivity contribution in [1.82, 2.24) is 9.88 Å². The van der Waals surface area contributed by atoms with Crippen molar-refractivity contribution in [3.8, 4) is 0 Å². The molecule has 1 aromatic rings. The molecule has 2 atom stereocenters. The summed E-state index contributed by atoms with van der Waals surface area (Å²) >= 11 is 6.11. The van der Waals surface area contributed by atoms with Crippen molar-refractivity contribution in [2.24, 2.45) is 5.92 Å². The van der Waals surface area contributed by atoms with E-state index in [-0.39, 0.29) is 10.3 Å². The normalized spacial score (nSPS) is 24.6. The molecule has 0 saturated heterocycles. The zero-order valence-electron chi connectivity index (χ0n) is 11.1. The molecular formula is C12H19ClN2O3S. The Bertz CT molecular complexity index is 522. The minimum Gasteiger partial charge on any atom is -0.360 e. The van der Waals surface area contributed by atoms with Gasteiger partial charge in [-0.05, 0) is 39.0 Å². The Morgan fingerprint density at radius 2 is 2.16 bits per heavy atom. The van der Waals surface area contributed by atoms with Gasteiger partial charge in [-0.15, -0.1) is 11.6 Å². The molecule has 0 amide bonds. The number of sulfonamides is 1. The van der Waals surface area contributed by atoms with Crippen LogP contribution in [0.5, 0.6) is 0 Å². The highest BCUT2D eigenvalue weighted by Gasteiger charge is 2.26. The first-order chi connectivity index (χ1) is 8.90. The van der Waals surface area contributed by atoms with E-state index in [1.807, 2.05) is 0 Å². The third kappa shape index (κ3) is 3.49. The maximum atomic E-state index is 12.2. The molecule has 19 heavy (non-hydrogen) atoms. The van der Waals surface area contributed by atoms with Gasteiger partial charge in [0.15, 0.2) is 5.76 Å². The molecule has 1 aromatic heterocycles. The third-order valence-electron chi connectivity index (χ3n) is 3.52. The van der Waals surface area contributed by atoms with E-state index in [1.54, 1.807) is 13.8 Å². The summed E-state index contributed by atoms with van der Waals surface area (Å²) in [6.07, 6.45) is 3.97. The van der Waals surface area contributed by atoms with Crippen LogP contribution in [0.2, 0.25) is 0 Å². The Hall–Kier alpha value is -0.590. The average molecular weight is 307 g/mol. The number of hydrogen-bond donors (Lipinski definition) is 1. The predicted octanol–water partition coefficient (Wildman–Crippen LogP) is 2.37. The Morgan fingerprint density at radius 1 is 1.42 bits per heavy atom. The van der Waals surface area contributed by atoms with E-state index in [0.717, 1.165) is 25.7 Å². The number of hydrogen-bond acceptors (Lipinski definition) is 4. The van der Waals surface area contributed by atoms with Gasteiger partial charge in [0.05, 0.1) is 0 Å². The lowest BCUT2D eigenvalue weighted by Crippen LogP contribution is -2.32. The number of halogens is 1. The molecule has 5 nitrogen and oxygen atoms in total. The van der Waals surface area contributed by atoms with Crippen LogP contribution in [0.15, 0.2) is 9.42 Å². The van der Waals surface area contributed by atoms with Crippen LogP contribution in [0, 0.1) is 19.8 Å². The zero-order valence-corrected chi connectivity index (χ0v) is 12.7. The minimum atomic E-state index is -3.54. The summed E-state index contributed by atoms with van der Waals surface area (Å²) in [5.41, 5.74) is 0.392. The van der Waals surface area contributed by atoms with Crippen LogP contribution in [-0.4, -0.2) is 25.5 Å². The molecular weight excluding hydrogens is 288 g/mol. The lowest BCUT2D eigenvalue weighted by atomic mass is 9.89. The number of nitrogens with one attached hydrogen (secondary N) is 1. The van der Waals surface area contributed by atoms with Crippen LogP contribution < -0.4 is 4.72 Å². The first-order valence-corrected chi connectivity index (χ1v) is 8.38. The SMILES string of the molecule is Cc1noc(C)c1S(=O)(=O)NCC1CCCC(Cl)C1. The molecule has 0 spiro atoms. The highest BCUT2D eigenvalue weighted by atomic mass is 35.5. The first kappa shape index (κ1) is 14.8. The van der Waals surface area contributed by atoms with Crippen molar-refractivity contribution in [3.05, 3.63) is 11.5 Å². The van der Waals surface area contributed by atoms with E-state index in [1.165, 1.54) is 0 Å². The summed E-state index contributed by atoms with van der Waals surface area (Å²) in [4.78, 5) is 0.158. The van der Waals surface area contributed by atoms with Gasteiger partial charge in [0.2, 0.25) is 10.0 Å². The Kier molecular flexibility index (Phi) is 4.53. The van der Waals surface area contributed by atoms with Crippen LogP contribution in [0.3, 0.4) is 0 Å². The zero-order chi connectivity index (χ0) is 14.0. The van der Waals surface area contributed by atoms with Crippen LogP contribution in [-0.2, 0) is 10.0 Å².